The Morgan fingerprint density at radius 2 is 2.13 bits per heavy atom. The SMILES string of the molecule is C=Cc1cc(-c2ccc3c(ccc4sc5c(c43)NC[C@@H](C)NC5=O)n2)c(C(F)F)cn1. The van der Waals surface area contributed by atoms with Crippen molar-refractivity contribution in [2.45, 2.75) is 19.4 Å². The molecule has 0 radical (unpaired) electrons. The van der Waals surface area contributed by atoms with Crippen molar-refractivity contribution < 1.29 is 13.6 Å². The number of nitrogens with one attached hydrogen (secondary N) is 2. The van der Waals surface area contributed by atoms with E-state index in [-0.39, 0.29) is 17.5 Å². The summed E-state index contributed by atoms with van der Waals surface area (Å²) < 4.78 is 28.1. The number of amides is 1. The number of pyridine rings is 2. The van der Waals surface area contributed by atoms with Gasteiger partial charge in [-0.3, -0.25) is 9.78 Å². The summed E-state index contributed by atoms with van der Waals surface area (Å²) >= 11 is 1.43. The van der Waals surface area contributed by atoms with E-state index in [1.807, 2.05) is 25.1 Å². The number of anilines is 1. The molecule has 2 N–H and O–H groups in total. The summed E-state index contributed by atoms with van der Waals surface area (Å²) in [4.78, 5) is 21.9. The monoisotopic (exact) mass is 436 g/mol. The van der Waals surface area contributed by atoms with E-state index in [4.69, 9.17) is 0 Å². The minimum absolute atomic E-state index is 0.0142. The minimum Gasteiger partial charge on any atom is -0.381 e. The molecule has 31 heavy (non-hydrogen) atoms. The zero-order chi connectivity index (χ0) is 21.7. The normalized spacial score (nSPS) is 16.1. The molecule has 0 unspecified atom stereocenters. The number of halogens is 2. The Balaban J connectivity index is 1.72. The molecule has 0 aliphatic carbocycles. The van der Waals surface area contributed by atoms with E-state index in [1.54, 1.807) is 12.1 Å². The first-order chi connectivity index (χ1) is 15.0. The number of benzene rings is 1. The van der Waals surface area contributed by atoms with Crippen molar-refractivity contribution in [3.05, 3.63) is 59.2 Å². The van der Waals surface area contributed by atoms with Crippen molar-refractivity contribution in [1.29, 1.82) is 0 Å². The first-order valence-electron chi connectivity index (χ1n) is 9.78. The minimum atomic E-state index is -2.67. The van der Waals surface area contributed by atoms with E-state index < -0.39 is 6.43 Å². The van der Waals surface area contributed by atoms with Gasteiger partial charge in [0.1, 0.15) is 4.88 Å². The summed E-state index contributed by atoms with van der Waals surface area (Å²) in [5, 5.41) is 8.15. The highest BCUT2D eigenvalue weighted by Crippen LogP contribution is 2.41. The molecule has 3 aromatic heterocycles. The van der Waals surface area contributed by atoms with Gasteiger partial charge in [0.15, 0.2) is 0 Å². The van der Waals surface area contributed by atoms with Crippen LogP contribution >= 0.6 is 11.3 Å². The van der Waals surface area contributed by atoms with Crippen molar-refractivity contribution in [2.75, 3.05) is 11.9 Å². The van der Waals surface area contributed by atoms with Crippen molar-refractivity contribution in [3.8, 4) is 11.3 Å². The lowest BCUT2D eigenvalue weighted by Gasteiger charge is -2.11. The quantitative estimate of drug-likeness (QED) is 0.436. The van der Waals surface area contributed by atoms with E-state index in [1.165, 1.54) is 23.6 Å². The summed E-state index contributed by atoms with van der Waals surface area (Å²) in [6.45, 7) is 6.23. The Bertz CT molecular complexity index is 1360. The topological polar surface area (TPSA) is 66.9 Å². The molecule has 5 nitrogen and oxygen atoms in total. The Labute approximate surface area is 180 Å². The Kier molecular flexibility index (Phi) is 4.66. The maximum Gasteiger partial charge on any atom is 0.265 e. The first kappa shape index (κ1) is 19.6. The van der Waals surface area contributed by atoms with Gasteiger partial charge >= 0.3 is 0 Å². The van der Waals surface area contributed by atoms with Gasteiger partial charge in [-0.15, -0.1) is 11.3 Å². The Hall–Kier alpha value is -3.39. The summed E-state index contributed by atoms with van der Waals surface area (Å²) in [6, 6.07) is 8.98. The van der Waals surface area contributed by atoms with Gasteiger partial charge in [-0.2, -0.15) is 0 Å². The zero-order valence-corrected chi connectivity index (χ0v) is 17.4. The molecule has 5 rings (SSSR count). The van der Waals surface area contributed by atoms with E-state index in [0.717, 1.165) is 21.2 Å². The summed E-state index contributed by atoms with van der Waals surface area (Å²) in [5.41, 5.74) is 2.57. The predicted octanol–water partition coefficient (Wildman–Crippen LogP) is 5.64. The van der Waals surface area contributed by atoms with Crippen LogP contribution in [-0.2, 0) is 0 Å². The van der Waals surface area contributed by atoms with E-state index in [2.05, 4.69) is 27.2 Å². The predicted molar refractivity (Wildman–Crippen MR) is 121 cm³/mol. The molecule has 1 aliphatic rings. The number of carbonyl (C=O) groups is 1. The van der Waals surface area contributed by atoms with Crippen LogP contribution in [0.5, 0.6) is 0 Å². The Morgan fingerprint density at radius 3 is 2.90 bits per heavy atom. The molecule has 0 spiro atoms. The van der Waals surface area contributed by atoms with Crippen molar-refractivity contribution in [1.82, 2.24) is 15.3 Å². The first-order valence-corrected chi connectivity index (χ1v) is 10.6. The average Bonchev–Trinajstić information content (AvgIpc) is 3.09. The molecule has 4 heterocycles. The highest BCUT2D eigenvalue weighted by atomic mass is 32.1. The van der Waals surface area contributed by atoms with Crippen LogP contribution in [0.4, 0.5) is 14.5 Å². The van der Waals surface area contributed by atoms with Crippen LogP contribution in [0.25, 0.3) is 38.3 Å². The van der Waals surface area contributed by atoms with Crippen LogP contribution in [-0.4, -0.2) is 28.5 Å². The summed E-state index contributed by atoms with van der Waals surface area (Å²) in [5.74, 6) is -0.0956. The molecule has 0 saturated carbocycles. The molecule has 0 bridgehead atoms. The Morgan fingerprint density at radius 1 is 1.29 bits per heavy atom. The second-order valence-electron chi connectivity index (χ2n) is 7.46. The third kappa shape index (κ3) is 3.23. The number of carbonyl (C=O) groups excluding carboxylic acids is 1. The number of nitrogens with zero attached hydrogens (tertiary/aromatic N) is 2. The summed E-state index contributed by atoms with van der Waals surface area (Å²) in [6.07, 6.45) is 0.0228. The van der Waals surface area contributed by atoms with Crippen molar-refractivity contribution in [2.24, 2.45) is 0 Å². The number of hydrogen-bond donors (Lipinski definition) is 2. The molecule has 1 atom stereocenters. The van der Waals surface area contributed by atoms with Crippen LogP contribution in [0.3, 0.4) is 0 Å². The maximum absolute atomic E-state index is 13.6. The lowest BCUT2D eigenvalue weighted by molar-refractivity contribution is 0.0949. The second-order valence-corrected chi connectivity index (χ2v) is 8.52. The molecule has 156 valence electrons. The number of aromatic nitrogens is 2. The largest absolute Gasteiger partial charge is 0.381 e. The lowest BCUT2D eigenvalue weighted by atomic mass is 10.0. The van der Waals surface area contributed by atoms with E-state index in [0.29, 0.717) is 33.9 Å². The third-order valence-corrected chi connectivity index (χ3v) is 6.52. The molecule has 1 aromatic carbocycles. The number of hydrogen-bond acceptors (Lipinski definition) is 5. The fourth-order valence-corrected chi connectivity index (χ4v) is 4.96. The van der Waals surface area contributed by atoms with Crippen LogP contribution in [0.1, 0.15) is 34.3 Å². The fraction of sp³-hybridized carbons (Fsp3) is 0.174. The standard InChI is InChI=1S/C23H18F2N4OS/c1-3-12-8-14(15(10-26-12)22(24)25)17-5-4-13-16(29-17)6-7-18-19(13)20-21(31-18)23(30)28-11(2)9-27-20/h3-8,10-11,22,27H,1,9H2,2H3,(H,28,30)/t11-/m1/s1. The molecule has 8 heteroatoms. The van der Waals surface area contributed by atoms with Gasteiger partial charge in [-0.1, -0.05) is 6.58 Å². The average molecular weight is 436 g/mol. The second kappa shape index (κ2) is 7.39. The fourth-order valence-electron chi connectivity index (χ4n) is 3.87. The van der Waals surface area contributed by atoms with Crippen LogP contribution in [0.15, 0.2) is 43.1 Å². The number of rotatable bonds is 3. The number of thiophene rings is 1. The van der Waals surface area contributed by atoms with Gasteiger partial charge in [0.2, 0.25) is 0 Å². The molecular weight excluding hydrogens is 418 g/mol. The van der Waals surface area contributed by atoms with Crippen LogP contribution in [0, 0.1) is 0 Å². The number of fused-ring (bicyclic) bond motifs is 5. The van der Waals surface area contributed by atoms with Crippen LogP contribution in [0.2, 0.25) is 0 Å². The van der Waals surface area contributed by atoms with Gasteiger partial charge in [0.05, 0.1) is 22.6 Å². The van der Waals surface area contributed by atoms with Gasteiger partial charge in [-0.05, 0) is 43.3 Å². The maximum atomic E-state index is 13.6. The number of alkyl halides is 2. The van der Waals surface area contributed by atoms with Gasteiger partial charge in [0.25, 0.3) is 12.3 Å². The van der Waals surface area contributed by atoms with Gasteiger partial charge < -0.3 is 10.6 Å². The van der Waals surface area contributed by atoms with Crippen molar-refractivity contribution in [3.63, 3.8) is 0 Å². The smallest absolute Gasteiger partial charge is 0.265 e. The molecule has 0 fully saturated rings. The van der Waals surface area contributed by atoms with Crippen LogP contribution < -0.4 is 10.6 Å². The lowest BCUT2D eigenvalue weighted by Crippen LogP contribution is -2.34. The van der Waals surface area contributed by atoms with E-state index >= 15 is 0 Å². The molecule has 4 aromatic rings. The zero-order valence-electron chi connectivity index (χ0n) is 16.6. The molecule has 1 amide bonds. The summed E-state index contributed by atoms with van der Waals surface area (Å²) in [7, 11) is 0. The van der Waals surface area contributed by atoms with Crippen molar-refractivity contribution >= 4 is 50.0 Å². The molecule has 1 aliphatic heterocycles. The molecular formula is C23H18F2N4OS. The highest BCUT2D eigenvalue weighted by molar-refractivity contribution is 7.21. The van der Waals surface area contributed by atoms with Gasteiger partial charge in [0, 0.05) is 45.4 Å². The van der Waals surface area contributed by atoms with E-state index in [9.17, 15) is 13.6 Å². The highest BCUT2D eigenvalue weighted by Gasteiger charge is 2.25. The third-order valence-electron chi connectivity index (χ3n) is 5.37. The molecule has 0 saturated heterocycles. The van der Waals surface area contributed by atoms with Gasteiger partial charge in [-0.25, -0.2) is 13.8 Å².